The second-order valence-corrected chi connectivity index (χ2v) is 13.6. The number of rotatable bonds is 8. The first kappa shape index (κ1) is 48.2. The van der Waals surface area contributed by atoms with Gasteiger partial charge in [0, 0.05) is 16.7 Å². The van der Waals surface area contributed by atoms with Gasteiger partial charge >= 0.3 is 0 Å². The Morgan fingerprint density at radius 2 is 0.667 bits per heavy atom. The van der Waals surface area contributed by atoms with E-state index in [0.717, 1.165) is 12.1 Å². The molecule has 0 aliphatic carbocycles. The van der Waals surface area contributed by atoms with Gasteiger partial charge in [0.05, 0.1) is 12.4 Å². The van der Waals surface area contributed by atoms with E-state index in [4.69, 9.17) is 0 Å². The molecule has 24 heteroatoms. The molecule has 0 saturated carbocycles. The lowest BCUT2D eigenvalue weighted by molar-refractivity contribution is -0.688. The fourth-order valence-corrected chi connectivity index (χ4v) is 7.11. The van der Waals surface area contributed by atoms with Crippen molar-refractivity contribution in [3.8, 4) is 0 Å². The smallest absolute Gasteiger partial charge is 0.200 e. The van der Waals surface area contributed by atoms with Crippen molar-refractivity contribution in [1.82, 2.24) is 4.98 Å². The number of hydrogen-bond donors (Lipinski definition) is 0. The molecule has 0 bridgehead atoms. The topological polar surface area (TPSA) is 33.8 Å². The molecule has 0 unspecified atom stereocenters. The number of halogens is 20. The number of hydrogen-bond acceptors (Lipinski definition) is 2. The first-order valence-electron chi connectivity index (χ1n) is 17.7. The van der Waals surface area contributed by atoms with Crippen molar-refractivity contribution in [2.24, 2.45) is 0 Å². The Morgan fingerprint density at radius 1 is 0.379 bits per heavy atom. The van der Waals surface area contributed by atoms with E-state index in [1.54, 1.807) is 12.4 Å². The third kappa shape index (κ3) is 7.76. The van der Waals surface area contributed by atoms with Gasteiger partial charge in [0.25, 0.3) is 0 Å². The van der Waals surface area contributed by atoms with Crippen LogP contribution in [0.25, 0.3) is 0 Å². The predicted octanol–water partition coefficient (Wildman–Crippen LogP) is 8.49. The molecule has 6 aromatic carbocycles. The third-order valence-electron chi connectivity index (χ3n) is 9.99. The zero-order valence-electron chi connectivity index (χ0n) is 31.7. The Bertz CT molecular complexity index is 2700. The maximum Gasteiger partial charge on any atom is 0.200 e. The highest BCUT2D eigenvalue weighted by Gasteiger charge is 2.52. The molecular formula is C42H15BF20N2O. The van der Waals surface area contributed by atoms with Crippen LogP contribution in [0, 0.1) is 116 Å². The van der Waals surface area contributed by atoms with E-state index in [9.17, 15) is 57.5 Å². The van der Waals surface area contributed by atoms with E-state index in [1.807, 2.05) is 71.6 Å². The van der Waals surface area contributed by atoms with Gasteiger partial charge in [0.15, 0.2) is 94.5 Å². The molecule has 0 spiro atoms. The normalized spacial score (nSPS) is 11.5. The molecule has 0 saturated heterocycles. The van der Waals surface area contributed by atoms with E-state index < -0.39 is 144 Å². The average Bonchev–Trinajstić information content (AvgIpc) is 3.32. The van der Waals surface area contributed by atoms with Crippen LogP contribution in [-0.2, 0) is 6.54 Å². The summed E-state index contributed by atoms with van der Waals surface area (Å²) in [6.45, 7) is 0.721. The van der Waals surface area contributed by atoms with Crippen LogP contribution in [0.5, 0.6) is 0 Å². The van der Waals surface area contributed by atoms with Gasteiger partial charge in [-0.15, -0.1) is 21.9 Å². The molecule has 1 aromatic heterocycles. The van der Waals surface area contributed by atoms with Gasteiger partial charge in [-0.05, 0) is 6.07 Å². The monoisotopic (exact) mass is 954 g/mol. The molecule has 7 aromatic rings. The largest absolute Gasteiger partial charge is 0.289 e. The van der Waals surface area contributed by atoms with Crippen LogP contribution < -0.4 is 26.4 Å². The van der Waals surface area contributed by atoms with Crippen LogP contribution >= 0.6 is 0 Å². The predicted molar refractivity (Wildman–Crippen MR) is 189 cm³/mol. The minimum Gasteiger partial charge on any atom is -0.289 e. The van der Waals surface area contributed by atoms with Gasteiger partial charge in [0.2, 0.25) is 0 Å². The van der Waals surface area contributed by atoms with E-state index in [0.29, 0.717) is 11.1 Å². The Kier molecular flexibility index (Phi) is 13.4. The van der Waals surface area contributed by atoms with E-state index >= 15 is 35.1 Å². The zero-order valence-corrected chi connectivity index (χ0v) is 31.7. The van der Waals surface area contributed by atoms with E-state index in [2.05, 4.69) is 4.98 Å². The van der Waals surface area contributed by atoms with Crippen molar-refractivity contribution in [3.63, 3.8) is 0 Å². The Morgan fingerprint density at radius 3 is 0.985 bits per heavy atom. The Labute approximate surface area is 354 Å². The number of benzene rings is 6. The van der Waals surface area contributed by atoms with Crippen LogP contribution in [0.4, 0.5) is 87.8 Å². The van der Waals surface area contributed by atoms with Gasteiger partial charge in [-0.25, -0.2) is 87.8 Å². The number of carbonyl (C=O) groups excluding carboxylic acids is 1. The van der Waals surface area contributed by atoms with Crippen LogP contribution in [-0.4, -0.2) is 16.9 Å². The highest BCUT2D eigenvalue weighted by Crippen LogP contribution is 2.31. The second-order valence-electron chi connectivity index (χ2n) is 13.6. The molecular weight excluding hydrogens is 939 g/mol. The molecule has 0 atom stereocenters. The molecule has 342 valence electrons. The summed E-state index contributed by atoms with van der Waals surface area (Å²) in [5, 5.41) is 0. The number of nitrogens with zero attached hydrogens (tertiary/aromatic N) is 2. The van der Waals surface area contributed by atoms with Gasteiger partial charge in [-0.3, -0.25) is 9.78 Å². The molecule has 0 aliphatic heterocycles. The minimum atomic E-state index is -7.22. The van der Waals surface area contributed by atoms with Crippen molar-refractivity contribution in [3.05, 3.63) is 212 Å². The molecule has 66 heavy (non-hydrogen) atoms. The highest BCUT2D eigenvalue weighted by atomic mass is 19.2. The summed E-state index contributed by atoms with van der Waals surface area (Å²) < 4.78 is 296. The van der Waals surface area contributed by atoms with Crippen LogP contribution in [0.1, 0.15) is 21.5 Å². The highest BCUT2D eigenvalue weighted by molar-refractivity contribution is 7.20. The summed E-state index contributed by atoms with van der Waals surface area (Å²) in [7, 11) is 0. The standard InChI is InChI=1S/C24BF20.C18H15N2O/c26-5-1(6(27)14(35)21(42)13(5)34)25(2-7(28)15(36)22(43)16(37)8(2)29,3-9(30)17(38)23(44)18(39)10(3)31)4-11(32)19(40)24(45)20(41)12(4)33;21-18(16-6-2-1-3-7-16)17-8-4-5-15(13-17)14-20-11-9-19-10-12-20/h;1-13H,14H2/q-1;+1. The molecule has 3 nitrogen and oxygen atoms in total. The molecule has 0 aliphatic rings. The third-order valence-corrected chi connectivity index (χ3v) is 9.99. The summed E-state index contributed by atoms with van der Waals surface area (Å²) in [5.41, 5.74) is -11.8. The number of aromatic nitrogens is 2. The quantitative estimate of drug-likeness (QED) is 0.0383. The SMILES string of the molecule is Fc1c(F)c(F)c([B-](c2c(F)c(F)c(F)c(F)c2F)(c2c(F)c(F)c(F)c(F)c2F)c2c(F)c(F)c(F)c(F)c2F)c(F)c1F.O=C(c1ccccc1)c1cccc(C[n+]2ccncc2)c1. The molecule has 0 amide bonds. The summed E-state index contributed by atoms with van der Waals surface area (Å²) in [4.78, 5) is 16.4. The van der Waals surface area contributed by atoms with Crippen molar-refractivity contribution < 1.29 is 97.2 Å². The summed E-state index contributed by atoms with van der Waals surface area (Å²) in [6.07, 6.45) is 0.0978. The first-order chi connectivity index (χ1) is 31.0. The van der Waals surface area contributed by atoms with E-state index in [1.165, 1.54) is 0 Å². The molecule has 0 fully saturated rings. The average molecular weight is 954 g/mol. The van der Waals surface area contributed by atoms with Crippen LogP contribution in [0.2, 0.25) is 0 Å². The summed E-state index contributed by atoms with van der Waals surface area (Å²) >= 11 is 0. The maximum absolute atomic E-state index is 15.4. The van der Waals surface area contributed by atoms with Crippen LogP contribution in [0.3, 0.4) is 0 Å². The summed E-state index contributed by atoms with van der Waals surface area (Å²) in [5.74, 6) is -71.4. The lowest BCUT2D eigenvalue weighted by Gasteiger charge is -2.44. The zero-order chi connectivity index (χ0) is 48.8. The van der Waals surface area contributed by atoms with Gasteiger partial charge in [-0.2, -0.15) is 4.57 Å². The van der Waals surface area contributed by atoms with Crippen LogP contribution in [0.15, 0.2) is 79.4 Å². The van der Waals surface area contributed by atoms with Crippen molar-refractivity contribution in [1.29, 1.82) is 0 Å². The second kappa shape index (κ2) is 18.3. The lowest BCUT2D eigenvalue weighted by atomic mass is 9.12. The fourth-order valence-electron chi connectivity index (χ4n) is 7.11. The Balaban J connectivity index is 0.000000284. The maximum atomic E-state index is 15.4. The molecule has 0 radical (unpaired) electrons. The summed E-state index contributed by atoms with van der Waals surface area (Å²) in [6, 6.07) is 17.1. The first-order valence-corrected chi connectivity index (χ1v) is 17.7. The molecule has 7 rings (SSSR count). The van der Waals surface area contributed by atoms with Gasteiger partial charge in [0.1, 0.15) is 52.7 Å². The molecule has 0 N–H and O–H groups in total. The Hall–Kier alpha value is -7.27. The van der Waals surface area contributed by atoms with Crippen molar-refractivity contribution >= 4 is 33.8 Å². The van der Waals surface area contributed by atoms with Crippen molar-refractivity contribution in [2.45, 2.75) is 6.54 Å². The number of ketones is 1. The van der Waals surface area contributed by atoms with Gasteiger partial charge in [-0.1, -0.05) is 48.5 Å². The fraction of sp³-hybridized carbons (Fsp3) is 0.0238. The van der Waals surface area contributed by atoms with Crippen molar-refractivity contribution in [2.75, 3.05) is 0 Å². The van der Waals surface area contributed by atoms with E-state index in [-0.39, 0.29) is 5.78 Å². The molecule has 1 heterocycles. The lowest BCUT2D eigenvalue weighted by Crippen LogP contribution is -2.81. The number of carbonyl (C=O) groups is 1. The van der Waals surface area contributed by atoms with Gasteiger partial charge < -0.3 is 0 Å². The minimum absolute atomic E-state index is 0.0529.